The Morgan fingerprint density at radius 2 is 2.00 bits per heavy atom. The van der Waals surface area contributed by atoms with E-state index >= 15 is 0 Å². The van der Waals surface area contributed by atoms with Crippen molar-refractivity contribution in [2.75, 3.05) is 12.3 Å². The molecule has 0 saturated heterocycles. The molecule has 0 fully saturated rings. The van der Waals surface area contributed by atoms with Crippen LogP contribution in [0.5, 0.6) is 0 Å². The molecule has 0 spiro atoms. The van der Waals surface area contributed by atoms with Gasteiger partial charge in [-0.05, 0) is 45.4 Å². The van der Waals surface area contributed by atoms with Crippen molar-refractivity contribution in [3.63, 3.8) is 0 Å². The Hall–Kier alpha value is -1.00. The molecule has 1 aromatic carbocycles. The van der Waals surface area contributed by atoms with Crippen LogP contribution >= 0.6 is 11.8 Å². The molecule has 0 radical (unpaired) electrons. The van der Waals surface area contributed by atoms with Crippen LogP contribution in [0.1, 0.15) is 32.3 Å². The monoisotopic (exact) mass is 281 g/mol. The van der Waals surface area contributed by atoms with E-state index in [9.17, 15) is 9.90 Å². The Balaban J connectivity index is 2.48. The molecular weight excluding hydrogens is 258 g/mol. The number of aliphatic carboxylic acids is 1. The zero-order valence-corrected chi connectivity index (χ0v) is 12.7. The van der Waals surface area contributed by atoms with Crippen LogP contribution in [0.15, 0.2) is 29.2 Å². The van der Waals surface area contributed by atoms with Gasteiger partial charge in [0.25, 0.3) is 0 Å². The normalized spacial score (nSPS) is 14.1. The van der Waals surface area contributed by atoms with E-state index in [1.807, 2.05) is 6.92 Å². The van der Waals surface area contributed by atoms with Gasteiger partial charge in [-0.1, -0.05) is 24.6 Å². The first kappa shape index (κ1) is 16.1. The first-order valence-corrected chi connectivity index (χ1v) is 7.64. The number of aryl methyl sites for hydroxylation is 1. The van der Waals surface area contributed by atoms with E-state index in [1.54, 1.807) is 18.7 Å². The fraction of sp³-hybridized carbons (Fsp3) is 0.533. The van der Waals surface area contributed by atoms with E-state index < -0.39 is 11.5 Å². The van der Waals surface area contributed by atoms with Gasteiger partial charge in [0.2, 0.25) is 0 Å². The van der Waals surface area contributed by atoms with Crippen LogP contribution in [-0.4, -0.2) is 28.9 Å². The summed E-state index contributed by atoms with van der Waals surface area (Å²) in [5.74, 6) is 0.0215. The average molecular weight is 281 g/mol. The van der Waals surface area contributed by atoms with Gasteiger partial charge in [0, 0.05) is 10.6 Å². The Bertz CT molecular complexity index is 405. The molecule has 0 saturated carbocycles. The second-order valence-corrected chi connectivity index (χ2v) is 6.14. The van der Waals surface area contributed by atoms with Gasteiger partial charge in [-0.25, -0.2) is 0 Å². The van der Waals surface area contributed by atoms with Crippen LogP contribution in [-0.2, 0) is 4.79 Å². The predicted octanol–water partition coefficient (Wildman–Crippen LogP) is 3.32. The maximum atomic E-state index is 11.3. The molecule has 0 aromatic heterocycles. The zero-order chi connectivity index (χ0) is 14.3. The molecule has 1 aromatic rings. The van der Waals surface area contributed by atoms with Crippen molar-refractivity contribution in [1.29, 1.82) is 0 Å². The minimum absolute atomic E-state index is 0.612. The molecule has 1 atom stereocenters. The lowest BCUT2D eigenvalue weighted by Gasteiger charge is -2.26. The molecule has 1 unspecified atom stereocenters. The van der Waals surface area contributed by atoms with Gasteiger partial charge in [-0.3, -0.25) is 4.79 Å². The molecule has 0 bridgehead atoms. The number of nitrogens with one attached hydrogen (secondary N) is 1. The fourth-order valence-corrected chi connectivity index (χ4v) is 2.75. The molecule has 3 nitrogen and oxygen atoms in total. The van der Waals surface area contributed by atoms with Crippen LogP contribution in [0.3, 0.4) is 0 Å². The molecular formula is C15H23NO2S. The lowest BCUT2D eigenvalue weighted by atomic mass is 9.99. The third kappa shape index (κ3) is 5.25. The van der Waals surface area contributed by atoms with Crippen molar-refractivity contribution in [3.8, 4) is 0 Å². The number of carboxylic acid groups (broad SMARTS) is 1. The van der Waals surface area contributed by atoms with Crippen molar-refractivity contribution in [2.45, 2.75) is 44.0 Å². The van der Waals surface area contributed by atoms with E-state index in [0.29, 0.717) is 6.42 Å². The highest BCUT2D eigenvalue weighted by Gasteiger charge is 2.31. The standard InChI is InChI=1S/C15H23NO2S/c1-4-10-16-15(3,14(17)18)9-11-19-13-7-5-12(2)6-8-13/h5-8,16H,4,9-11H2,1-3H3,(H,17,18). The summed E-state index contributed by atoms with van der Waals surface area (Å²) in [6.45, 7) is 6.60. The van der Waals surface area contributed by atoms with Crippen LogP contribution < -0.4 is 5.32 Å². The van der Waals surface area contributed by atoms with Crippen LogP contribution in [0.25, 0.3) is 0 Å². The molecule has 1 rings (SSSR count). The smallest absolute Gasteiger partial charge is 0.323 e. The number of thioether (sulfide) groups is 1. The maximum absolute atomic E-state index is 11.3. The third-order valence-corrected chi connectivity index (χ3v) is 4.14. The maximum Gasteiger partial charge on any atom is 0.323 e. The molecule has 0 aliphatic carbocycles. The summed E-state index contributed by atoms with van der Waals surface area (Å²) in [4.78, 5) is 12.5. The number of carboxylic acids is 1. The lowest BCUT2D eigenvalue weighted by molar-refractivity contribution is -0.144. The summed E-state index contributed by atoms with van der Waals surface area (Å²) in [5, 5.41) is 12.4. The van der Waals surface area contributed by atoms with Crippen molar-refractivity contribution in [1.82, 2.24) is 5.32 Å². The number of hydrogen-bond donors (Lipinski definition) is 2. The van der Waals surface area contributed by atoms with Gasteiger partial charge in [-0.2, -0.15) is 0 Å². The Labute approximate surface area is 119 Å². The van der Waals surface area contributed by atoms with Gasteiger partial charge in [0.1, 0.15) is 5.54 Å². The summed E-state index contributed by atoms with van der Waals surface area (Å²) >= 11 is 1.70. The molecule has 19 heavy (non-hydrogen) atoms. The molecule has 4 heteroatoms. The molecule has 2 N–H and O–H groups in total. The number of benzene rings is 1. The van der Waals surface area contributed by atoms with E-state index in [1.165, 1.54) is 10.5 Å². The topological polar surface area (TPSA) is 49.3 Å². The molecule has 0 aliphatic heterocycles. The summed E-state index contributed by atoms with van der Waals surface area (Å²) < 4.78 is 0. The minimum atomic E-state index is -0.826. The molecule has 106 valence electrons. The molecule has 0 heterocycles. The quantitative estimate of drug-likeness (QED) is 0.718. The van der Waals surface area contributed by atoms with Crippen LogP contribution in [0, 0.1) is 6.92 Å². The van der Waals surface area contributed by atoms with E-state index in [4.69, 9.17) is 0 Å². The highest BCUT2D eigenvalue weighted by Crippen LogP contribution is 2.22. The number of carbonyl (C=O) groups is 1. The van der Waals surface area contributed by atoms with E-state index in [0.717, 1.165) is 18.7 Å². The fourth-order valence-electron chi connectivity index (χ4n) is 1.68. The predicted molar refractivity (Wildman–Crippen MR) is 80.9 cm³/mol. The molecule has 0 aliphatic rings. The second-order valence-electron chi connectivity index (χ2n) is 4.98. The van der Waals surface area contributed by atoms with Gasteiger partial charge in [-0.15, -0.1) is 11.8 Å². The Morgan fingerprint density at radius 1 is 1.37 bits per heavy atom. The zero-order valence-electron chi connectivity index (χ0n) is 11.9. The van der Waals surface area contributed by atoms with Crippen molar-refractivity contribution >= 4 is 17.7 Å². The number of rotatable bonds is 8. The Morgan fingerprint density at radius 3 is 2.53 bits per heavy atom. The summed E-state index contributed by atoms with van der Waals surface area (Å²) in [7, 11) is 0. The SMILES string of the molecule is CCCNC(C)(CCSc1ccc(C)cc1)C(=O)O. The van der Waals surface area contributed by atoms with Crippen LogP contribution in [0.4, 0.5) is 0 Å². The average Bonchev–Trinajstić information content (AvgIpc) is 2.38. The minimum Gasteiger partial charge on any atom is -0.480 e. The largest absolute Gasteiger partial charge is 0.480 e. The lowest BCUT2D eigenvalue weighted by Crippen LogP contribution is -2.50. The summed E-state index contributed by atoms with van der Waals surface area (Å²) in [6.07, 6.45) is 1.55. The van der Waals surface area contributed by atoms with Crippen molar-refractivity contribution in [3.05, 3.63) is 29.8 Å². The van der Waals surface area contributed by atoms with Crippen molar-refractivity contribution < 1.29 is 9.90 Å². The highest BCUT2D eigenvalue weighted by atomic mass is 32.2. The van der Waals surface area contributed by atoms with Gasteiger partial charge in [0.05, 0.1) is 0 Å². The van der Waals surface area contributed by atoms with E-state index in [-0.39, 0.29) is 0 Å². The van der Waals surface area contributed by atoms with Gasteiger partial charge >= 0.3 is 5.97 Å². The third-order valence-electron chi connectivity index (χ3n) is 3.13. The van der Waals surface area contributed by atoms with Crippen molar-refractivity contribution in [2.24, 2.45) is 0 Å². The Kier molecular flexibility index (Phi) is 6.38. The van der Waals surface area contributed by atoms with E-state index in [2.05, 4.69) is 36.5 Å². The number of hydrogen-bond acceptors (Lipinski definition) is 3. The first-order chi connectivity index (χ1) is 8.98. The van der Waals surface area contributed by atoms with Crippen LogP contribution in [0.2, 0.25) is 0 Å². The summed E-state index contributed by atoms with van der Waals surface area (Å²) in [5.41, 5.74) is 0.414. The second kappa shape index (κ2) is 7.56. The molecule has 0 amide bonds. The highest BCUT2D eigenvalue weighted by molar-refractivity contribution is 7.99. The van der Waals surface area contributed by atoms with Gasteiger partial charge < -0.3 is 10.4 Å². The van der Waals surface area contributed by atoms with Gasteiger partial charge in [0.15, 0.2) is 0 Å². The summed E-state index contributed by atoms with van der Waals surface area (Å²) in [6, 6.07) is 8.32. The first-order valence-electron chi connectivity index (χ1n) is 6.66.